The van der Waals surface area contributed by atoms with Crippen molar-refractivity contribution in [3.05, 3.63) is 29.8 Å². The predicted octanol–water partition coefficient (Wildman–Crippen LogP) is 2.31. The molecule has 0 spiro atoms. The minimum Gasteiger partial charge on any atom is -0.383 e. The number of anilines is 1. The molecule has 0 bridgehead atoms. The quantitative estimate of drug-likeness (QED) is 0.254. The smallest absolute Gasteiger partial charge is 0.241 e. The lowest BCUT2D eigenvalue weighted by molar-refractivity contribution is -0.119. The van der Waals surface area contributed by atoms with Gasteiger partial charge >= 0.3 is 0 Å². The van der Waals surface area contributed by atoms with Crippen molar-refractivity contribution >= 4 is 41.5 Å². The van der Waals surface area contributed by atoms with Gasteiger partial charge in [0.15, 0.2) is 5.96 Å². The van der Waals surface area contributed by atoms with Gasteiger partial charge in [0.1, 0.15) is 6.54 Å². The fourth-order valence-electron chi connectivity index (χ4n) is 1.82. The van der Waals surface area contributed by atoms with Gasteiger partial charge in [-0.1, -0.05) is 26.0 Å². The van der Waals surface area contributed by atoms with Crippen LogP contribution in [0.15, 0.2) is 29.3 Å². The molecule has 0 aliphatic rings. The van der Waals surface area contributed by atoms with Crippen LogP contribution < -0.4 is 16.4 Å². The fourth-order valence-corrected chi connectivity index (χ4v) is 1.82. The maximum atomic E-state index is 11.5. The normalized spacial score (nSPS) is 12.2. The predicted molar refractivity (Wildman–Crippen MR) is 106 cm³/mol. The molecule has 1 aromatic rings. The lowest BCUT2D eigenvalue weighted by Gasteiger charge is -2.10. The maximum Gasteiger partial charge on any atom is 0.241 e. The maximum absolute atomic E-state index is 11.5. The summed E-state index contributed by atoms with van der Waals surface area (Å²) < 4.78 is 4.84. The number of hydrogen-bond donors (Lipinski definition) is 3. The van der Waals surface area contributed by atoms with Gasteiger partial charge in [0.2, 0.25) is 5.91 Å². The average molecular weight is 434 g/mol. The van der Waals surface area contributed by atoms with E-state index in [-0.39, 0.29) is 42.4 Å². The second kappa shape index (κ2) is 12.1. The summed E-state index contributed by atoms with van der Waals surface area (Å²) in [6, 6.07) is 8.06. The zero-order chi connectivity index (χ0) is 16.4. The van der Waals surface area contributed by atoms with Crippen molar-refractivity contribution in [1.29, 1.82) is 0 Å². The molecule has 0 saturated carbocycles. The zero-order valence-corrected chi connectivity index (χ0v) is 16.3. The molecular weight excluding hydrogens is 407 g/mol. The van der Waals surface area contributed by atoms with E-state index < -0.39 is 0 Å². The summed E-state index contributed by atoms with van der Waals surface area (Å²) in [5.74, 6) is 0.572. The number of guanidine groups is 1. The summed E-state index contributed by atoms with van der Waals surface area (Å²) in [6.07, 6.45) is 1.11. The third-order valence-electron chi connectivity index (χ3n) is 3.39. The van der Waals surface area contributed by atoms with Gasteiger partial charge in [-0.25, -0.2) is 4.99 Å². The van der Waals surface area contributed by atoms with Crippen molar-refractivity contribution in [3.63, 3.8) is 0 Å². The summed E-state index contributed by atoms with van der Waals surface area (Å²) in [6.45, 7) is 5.30. The minimum absolute atomic E-state index is 0. The van der Waals surface area contributed by atoms with Crippen LogP contribution in [0, 0.1) is 0 Å². The van der Waals surface area contributed by atoms with Gasteiger partial charge in [0.25, 0.3) is 0 Å². The second-order valence-electron chi connectivity index (χ2n) is 5.10. The van der Waals surface area contributed by atoms with Crippen molar-refractivity contribution in [1.82, 2.24) is 5.32 Å². The molecule has 0 heterocycles. The molecule has 0 fully saturated rings. The molecule has 6 nitrogen and oxygen atoms in total. The summed E-state index contributed by atoms with van der Waals surface area (Å²) in [5, 5.41) is 5.65. The highest BCUT2D eigenvalue weighted by Gasteiger charge is 2.03. The van der Waals surface area contributed by atoms with Crippen LogP contribution in [0.25, 0.3) is 0 Å². The Hall–Kier alpha value is -1.35. The van der Waals surface area contributed by atoms with Gasteiger partial charge < -0.3 is 21.1 Å². The Morgan fingerprint density at radius 2 is 2.00 bits per heavy atom. The van der Waals surface area contributed by atoms with Crippen molar-refractivity contribution in [2.24, 2.45) is 10.7 Å². The molecule has 1 unspecified atom stereocenters. The third-order valence-corrected chi connectivity index (χ3v) is 3.39. The Morgan fingerprint density at radius 1 is 1.35 bits per heavy atom. The number of nitrogens with zero attached hydrogens (tertiary/aromatic N) is 1. The van der Waals surface area contributed by atoms with Crippen LogP contribution in [0.1, 0.15) is 31.7 Å². The Bertz CT molecular complexity index is 491. The number of aliphatic imine (C=N–C) groups is 1. The van der Waals surface area contributed by atoms with Gasteiger partial charge in [-0.2, -0.15) is 0 Å². The minimum atomic E-state index is -0.186. The number of nitrogens with two attached hydrogens (primary N) is 1. The number of rotatable bonds is 8. The van der Waals surface area contributed by atoms with Gasteiger partial charge in [-0.15, -0.1) is 24.0 Å². The zero-order valence-electron chi connectivity index (χ0n) is 14.0. The molecule has 1 rings (SSSR count). The number of carbonyl (C=O) groups excluding carboxylic acids is 1. The fraction of sp³-hybridized carbons (Fsp3) is 0.500. The molecule has 0 aromatic heterocycles. The van der Waals surface area contributed by atoms with E-state index in [9.17, 15) is 4.79 Å². The van der Waals surface area contributed by atoms with E-state index >= 15 is 0 Å². The Kier molecular flexibility index (Phi) is 11.4. The third kappa shape index (κ3) is 8.75. The number of benzene rings is 1. The SMILES string of the molecule is CCC(C)c1ccc(NC(N)=NCC(=O)NCCOC)cc1.I. The number of ether oxygens (including phenoxy) is 1. The van der Waals surface area contributed by atoms with Crippen LogP contribution in [-0.4, -0.2) is 38.7 Å². The van der Waals surface area contributed by atoms with E-state index in [1.54, 1.807) is 7.11 Å². The lowest BCUT2D eigenvalue weighted by atomic mass is 9.99. The monoisotopic (exact) mass is 434 g/mol. The number of nitrogens with one attached hydrogen (secondary N) is 2. The van der Waals surface area contributed by atoms with Gasteiger partial charge in [-0.05, 0) is 30.0 Å². The summed E-state index contributed by atoms with van der Waals surface area (Å²) >= 11 is 0. The van der Waals surface area contributed by atoms with E-state index in [0.29, 0.717) is 19.1 Å². The topological polar surface area (TPSA) is 88.7 Å². The highest BCUT2D eigenvalue weighted by molar-refractivity contribution is 14.0. The van der Waals surface area contributed by atoms with Gasteiger partial charge in [0.05, 0.1) is 6.61 Å². The average Bonchev–Trinajstić information content (AvgIpc) is 2.53. The van der Waals surface area contributed by atoms with E-state index in [4.69, 9.17) is 10.5 Å². The molecule has 23 heavy (non-hydrogen) atoms. The van der Waals surface area contributed by atoms with Gasteiger partial charge in [-0.3, -0.25) is 4.79 Å². The van der Waals surface area contributed by atoms with E-state index in [1.165, 1.54) is 5.56 Å². The molecule has 0 radical (unpaired) electrons. The summed E-state index contributed by atoms with van der Waals surface area (Å²) in [7, 11) is 1.58. The number of halogens is 1. The number of amides is 1. The van der Waals surface area contributed by atoms with Crippen molar-refractivity contribution < 1.29 is 9.53 Å². The van der Waals surface area contributed by atoms with E-state index in [2.05, 4.69) is 41.6 Å². The van der Waals surface area contributed by atoms with Crippen LogP contribution >= 0.6 is 24.0 Å². The molecule has 1 aromatic carbocycles. The van der Waals surface area contributed by atoms with Gasteiger partial charge in [0, 0.05) is 19.3 Å². The Morgan fingerprint density at radius 3 is 2.57 bits per heavy atom. The molecule has 1 atom stereocenters. The molecule has 0 saturated heterocycles. The van der Waals surface area contributed by atoms with Crippen molar-refractivity contribution in [2.75, 3.05) is 32.1 Å². The first kappa shape index (κ1) is 21.6. The molecule has 130 valence electrons. The van der Waals surface area contributed by atoms with Crippen LogP contribution in [0.5, 0.6) is 0 Å². The van der Waals surface area contributed by atoms with Crippen molar-refractivity contribution in [2.45, 2.75) is 26.2 Å². The number of methoxy groups -OCH3 is 1. The van der Waals surface area contributed by atoms with Crippen molar-refractivity contribution in [3.8, 4) is 0 Å². The van der Waals surface area contributed by atoms with Crippen LogP contribution in [0.2, 0.25) is 0 Å². The second-order valence-corrected chi connectivity index (χ2v) is 5.10. The van der Waals surface area contributed by atoms with E-state index in [1.807, 2.05) is 12.1 Å². The summed E-state index contributed by atoms with van der Waals surface area (Å²) in [4.78, 5) is 15.5. The lowest BCUT2D eigenvalue weighted by Crippen LogP contribution is -2.31. The summed E-state index contributed by atoms with van der Waals surface area (Å²) in [5.41, 5.74) is 7.91. The molecular formula is C16H27IN4O2. The highest BCUT2D eigenvalue weighted by atomic mass is 127. The molecule has 0 aliphatic heterocycles. The van der Waals surface area contributed by atoms with Crippen LogP contribution in [0.3, 0.4) is 0 Å². The molecule has 4 N–H and O–H groups in total. The van der Waals surface area contributed by atoms with E-state index in [0.717, 1.165) is 12.1 Å². The number of carbonyl (C=O) groups is 1. The Balaban J connectivity index is 0.00000484. The highest BCUT2D eigenvalue weighted by Crippen LogP contribution is 2.20. The standard InChI is InChI=1S/C16H26N4O2.HI/c1-4-12(2)13-5-7-14(8-6-13)20-16(17)19-11-15(21)18-9-10-22-3;/h5-8,12H,4,9-11H2,1-3H3,(H,18,21)(H3,17,19,20);1H. The molecule has 0 aliphatic carbocycles. The number of hydrogen-bond acceptors (Lipinski definition) is 3. The first-order valence-electron chi connectivity index (χ1n) is 7.49. The first-order chi connectivity index (χ1) is 10.6. The molecule has 1 amide bonds. The molecule has 7 heteroatoms. The van der Waals surface area contributed by atoms with Crippen LogP contribution in [-0.2, 0) is 9.53 Å². The Labute approximate surface area is 155 Å². The largest absolute Gasteiger partial charge is 0.383 e. The first-order valence-corrected chi connectivity index (χ1v) is 7.49. The van der Waals surface area contributed by atoms with Crippen LogP contribution in [0.4, 0.5) is 5.69 Å².